The van der Waals surface area contributed by atoms with Gasteiger partial charge in [-0.2, -0.15) is 0 Å². The number of hydrogen-bond donors (Lipinski definition) is 0. The Labute approximate surface area is 86.4 Å². The lowest BCUT2D eigenvalue weighted by molar-refractivity contribution is 0.0908. The molecule has 0 unspecified atom stereocenters. The maximum Gasteiger partial charge on any atom is 0.410 e. The zero-order valence-electron chi connectivity index (χ0n) is 7.97. The maximum absolute atomic E-state index is 11.7. The highest BCUT2D eigenvalue weighted by Crippen LogP contribution is 2.33. The molecule has 0 spiro atoms. The van der Waals surface area contributed by atoms with Crippen molar-refractivity contribution >= 4 is 11.9 Å². The number of carbonyl (C=O) groups is 2. The van der Waals surface area contributed by atoms with E-state index in [1.54, 1.807) is 6.07 Å². The molecule has 0 aliphatic carbocycles. The number of Topliss-reactive ketones (excluding diaryl/α,β-unsaturated/α-hetero) is 1. The standard InChI is InChI=1S/C11H9NO3/c13-10-5-12-9(6-15-11(12)14)7-3-1-2-4-8(7)10/h1-4,9H,5-6H2/t9-/m1/s1. The number of amides is 1. The Hall–Kier alpha value is -1.84. The third-order valence-electron chi connectivity index (χ3n) is 2.91. The Bertz CT molecular complexity index is 455. The average molecular weight is 203 g/mol. The van der Waals surface area contributed by atoms with E-state index >= 15 is 0 Å². The van der Waals surface area contributed by atoms with Crippen LogP contribution in [0.5, 0.6) is 0 Å². The number of rotatable bonds is 0. The van der Waals surface area contributed by atoms with Gasteiger partial charge in [0.1, 0.15) is 6.61 Å². The van der Waals surface area contributed by atoms with Gasteiger partial charge in [0.25, 0.3) is 0 Å². The van der Waals surface area contributed by atoms with Crippen molar-refractivity contribution in [3.63, 3.8) is 0 Å². The molecule has 2 aliphatic heterocycles. The molecule has 76 valence electrons. The van der Waals surface area contributed by atoms with Crippen LogP contribution in [0.4, 0.5) is 4.79 Å². The normalized spacial score (nSPS) is 23.5. The highest BCUT2D eigenvalue weighted by atomic mass is 16.6. The molecule has 2 aliphatic rings. The van der Waals surface area contributed by atoms with E-state index in [0.29, 0.717) is 6.61 Å². The molecule has 1 aromatic rings. The largest absolute Gasteiger partial charge is 0.447 e. The fourth-order valence-corrected chi connectivity index (χ4v) is 2.16. The summed E-state index contributed by atoms with van der Waals surface area (Å²) in [5, 5.41) is 0. The van der Waals surface area contributed by atoms with E-state index in [2.05, 4.69) is 0 Å². The van der Waals surface area contributed by atoms with E-state index in [-0.39, 0.29) is 24.5 Å². The number of fused-ring (bicyclic) bond motifs is 3. The topological polar surface area (TPSA) is 46.6 Å². The number of nitrogens with zero attached hydrogens (tertiary/aromatic N) is 1. The van der Waals surface area contributed by atoms with E-state index in [9.17, 15) is 9.59 Å². The Morgan fingerprint density at radius 3 is 2.93 bits per heavy atom. The Morgan fingerprint density at radius 1 is 1.27 bits per heavy atom. The first-order valence-electron chi connectivity index (χ1n) is 4.83. The summed E-state index contributed by atoms with van der Waals surface area (Å²) in [6.07, 6.45) is -0.386. The summed E-state index contributed by atoms with van der Waals surface area (Å²) in [5.41, 5.74) is 1.62. The van der Waals surface area contributed by atoms with Crippen LogP contribution < -0.4 is 0 Å². The van der Waals surface area contributed by atoms with Crippen molar-refractivity contribution in [1.82, 2.24) is 4.90 Å². The minimum absolute atomic E-state index is 0.0132. The summed E-state index contributed by atoms with van der Waals surface area (Å²) in [5.74, 6) is -0.0132. The molecule has 0 aromatic heterocycles. The summed E-state index contributed by atoms with van der Waals surface area (Å²) in [4.78, 5) is 24.5. The lowest BCUT2D eigenvalue weighted by Gasteiger charge is -2.27. The Balaban J connectivity index is 2.14. The van der Waals surface area contributed by atoms with Crippen LogP contribution in [0.2, 0.25) is 0 Å². The van der Waals surface area contributed by atoms with Crippen molar-refractivity contribution in [2.75, 3.05) is 13.2 Å². The summed E-state index contributed by atoms with van der Waals surface area (Å²) in [6, 6.07) is 7.32. The first-order valence-corrected chi connectivity index (χ1v) is 4.83. The van der Waals surface area contributed by atoms with Crippen LogP contribution >= 0.6 is 0 Å². The molecule has 0 saturated carbocycles. The summed E-state index contributed by atoms with van der Waals surface area (Å²) >= 11 is 0. The highest BCUT2D eigenvalue weighted by molar-refractivity contribution is 6.02. The van der Waals surface area contributed by atoms with Crippen LogP contribution in [0.3, 0.4) is 0 Å². The van der Waals surface area contributed by atoms with Crippen molar-refractivity contribution in [3.8, 4) is 0 Å². The summed E-state index contributed by atoms with van der Waals surface area (Å²) < 4.78 is 4.94. The van der Waals surface area contributed by atoms with Crippen LogP contribution in [-0.2, 0) is 4.74 Å². The van der Waals surface area contributed by atoms with E-state index in [1.807, 2.05) is 18.2 Å². The minimum atomic E-state index is -0.386. The number of hydrogen-bond acceptors (Lipinski definition) is 3. The Kier molecular flexibility index (Phi) is 1.59. The zero-order chi connectivity index (χ0) is 10.4. The zero-order valence-corrected chi connectivity index (χ0v) is 7.97. The predicted molar refractivity (Wildman–Crippen MR) is 51.6 cm³/mol. The molecule has 1 saturated heterocycles. The number of ether oxygens (including phenoxy) is 1. The van der Waals surface area contributed by atoms with Crippen molar-refractivity contribution in [2.45, 2.75) is 6.04 Å². The molecule has 1 amide bonds. The molecule has 0 radical (unpaired) electrons. The molecule has 1 atom stereocenters. The molecule has 0 N–H and O–H groups in total. The SMILES string of the molecule is O=C1CN2C(=O)OC[C@@H]2c2ccccc21. The van der Waals surface area contributed by atoms with Crippen molar-refractivity contribution in [2.24, 2.45) is 0 Å². The predicted octanol–water partition coefficient (Wildman–Crippen LogP) is 1.38. The summed E-state index contributed by atoms with van der Waals surface area (Å²) in [7, 11) is 0. The van der Waals surface area contributed by atoms with Crippen LogP contribution in [0.1, 0.15) is 22.0 Å². The molecular weight excluding hydrogens is 194 g/mol. The maximum atomic E-state index is 11.7. The fraction of sp³-hybridized carbons (Fsp3) is 0.273. The molecule has 3 rings (SSSR count). The van der Waals surface area contributed by atoms with Crippen LogP contribution in [-0.4, -0.2) is 29.9 Å². The van der Waals surface area contributed by atoms with Gasteiger partial charge in [0.05, 0.1) is 12.6 Å². The van der Waals surface area contributed by atoms with Crippen LogP contribution in [0.15, 0.2) is 24.3 Å². The van der Waals surface area contributed by atoms with Gasteiger partial charge in [0.2, 0.25) is 0 Å². The third-order valence-corrected chi connectivity index (χ3v) is 2.91. The van der Waals surface area contributed by atoms with Gasteiger partial charge in [-0.3, -0.25) is 9.69 Å². The second-order valence-electron chi connectivity index (χ2n) is 3.73. The quantitative estimate of drug-likeness (QED) is 0.639. The first kappa shape index (κ1) is 8.47. The van der Waals surface area contributed by atoms with Crippen molar-refractivity contribution in [1.29, 1.82) is 0 Å². The molecular formula is C11H9NO3. The molecule has 1 fully saturated rings. The molecule has 15 heavy (non-hydrogen) atoms. The Morgan fingerprint density at radius 2 is 2.07 bits per heavy atom. The summed E-state index contributed by atoms with van der Waals surface area (Å²) in [6.45, 7) is 0.490. The second-order valence-corrected chi connectivity index (χ2v) is 3.73. The lowest BCUT2D eigenvalue weighted by Crippen LogP contribution is -2.38. The molecule has 1 aromatic carbocycles. The van der Waals surface area contributed by atoms with Gasteiger partial charge >= 0.3 is 6.09 Å². The van der Waals surface area contributed by atoms with Crippen molar-refractivity contribution < 1.29 is 14.3 Å². The van der Waals surface area contributed by atoms with Crippen LogP contribution in [0.25, 0.3) is 0 Å². The first-order chi connectivity index (χ1) is 7.27. The monoisotopic (exact) mass is 203 g/mol. The lowest BCUT2D eigenvalue weighted by atomic mass is 9.93. The molecule has 2 heterocycles. The van der Waals surface area contributed by atoms with Gasteiger partial charge < -0.3 is 4.74 Å². The van der Waals surface area contributed by atoms with Gasteiger partial charge in [-0.05, 0) is 5.56 Å². The number of ketones is 1. The third kappa shape index (κ3) is 1.08. The number of cyclic esters (lactones) is 1. The molecule has 4 nitrogen and oxygen atoms in total. The smallest absolute Gasteiger partial charge is 0.410 e. The molecule has 4 heteroatoms. The van der Waals surface area contributed by atoms with Crippen molar-refractivity contribution in [3.05, 3.63) is 35.4 Å². The van der Waals surface area contributed by atoms with E-state index in [0.717, 1.165) is 11.1 Å². The van der Waals surface area contributed by atoms with Gasteiger partial charge in [-0.25, -0.2) is 4.79 Å². The minimum Gasteiger partial charge on any atom is -0.447 e. The van der Waals surface area contributed by atoms with Gasteiger partial charge in [0, 0.05) is 5.56 Å². The second kappa shape index (κ2) is 2.82. The van der Waals surface area contributed by atoms with E-state index in [4.69, 9.17) is 4.74 Å². The number of benzene rings is 1. The van der Waals surface area contributed by atoms with E-state index < -0.39 is 0 Å². The highest BCUT2D eigenvalue weighted by Gasteiger charge is 2.40. The van der Waals surface area contributed by atoms with Crippen LogP contribution in [0, 0.1) is 0 Å². The number of carbonyl (C=O) groups excluding carboxylic acids is 2. The average Bonchev–Trinajstić information content (AvgIpc) is 2.62. The fourth-order valence-electron chi connectivity index (χ4n) is 2.16. The van der Waals surface area contributed by atoms with Gasteiger partial charge in [0.15, 0.2) is 5.78 Å². The van der Waals surface area contributed by atoms with Gasteiger partial charge in [-0.1, -0.05) is 24.3 Å². The van der Waals surface area contributed by atoms with Gasteiger partial charge in [-0.15, -0.1) is 0 Å². The molecule has 0 bridgehead atoms. The van der Waals surface area contributed by atoms with E-state index in [1.165, 1.54) is 4.90 Å².